The fraction of sp³-hybridized carbons (Fsp3) is 0.474. The summed E-state index contributed by atoms with van der Waals surface area (Å²) in [4.78, 5) is 13.7. The van der Waals surface area contributed by atoms with Gasteiger partial charge in [-0.25, -0.2) is 13.4 Å². The average Bonchev–Trinajstić information content (AvgIpc) is 3.03. The lowest BCUT2D eigenvalue weighted by atomic mass is 10.1. The van der Waals surface area contributed by atoms with Gasteiger partial charge in [0.25, 0.3) is 0 Å². The van der Waals surface area contributed by atoms with Crippen LogP contribution >= 0.6 is 0 Å². The van der Waals surface area contributed by atoms with Gasteiger partial charge in [-0.2, -0.15) is 4.31 Å². The van der Waals surface area contributed by atoms with Gasteiger partial charge in [0.1, 0.15) is 11.7 Å². The Bertz CT molecular complexity index is 943. The molecule has 3 heterocycles. The predicted octanol–water partition coefficient (Wildman–Crippen LogP) is 1.60. The third-order valence-electron chi connectivity index (χ3n) is 5.37. The van der Waals surface area contributed by atoms with Crippen LogP contribution in [0.3, 0.4) is 0 Å². The Morgan fingerprint density at radius 1 is 1.07 bits per heavy atom. The second kappa shape index (κ2) is 6.76. The minimum absolute atomic E-state index is 0.280. The zero-order chi connectivity index (χ0) is 19.2. The number of fused-ring (bicyclic) bond motifs is 1. The molecule has 1 aromatic carbocycles. The fourth-order valence-electron chi connectivity index (χ4n) is 3.58. The number of hydrogen-bond donors (Lipinski definition) is 0. The van der Waals surface area contributed by atoms with Gasteiger partial charge in [0.15, 0.2) is 0 Å². The third-order valence-corrected chi connectivity index (χ3v) is 7.27. The van der Waals surface area contributed by atoms with Crippen LogP contribution in [-0.2, 0) is 10.0 Å². The molecule has 0 saturated carbocycles. The monoisotopic (exact) mass is 387 g/mol. The summed E-state index contributed by atoms with van der Waals surface area (Å²) in [6.07, 6.45) is 3.83. The van der Waals surface area contributed by atoms with Crippen molar-refractivity contribution in [3.8, 4) is 0 Å². The summed E-state index contributed by atoms with van der Waals surface area (Å²) in [5, 5.41) is 0. The zero-order valence-electron chi connectivity index (χ0n) is 16.0. The SMILES string of the molecule is Cc1ccc(S(=O)(=O)N2CCN(C3=CC4=N[C@H](C)CN4C=N3)CC2)cc1C. The molecule has 7 nitrogen and oxygen atoms in total. The molecule has 27 heavy (non-hydrogen) atoms. The summed E-state index contributed by atoms with van der Waals surface area (Å²) in [7, 11) is -3.46. The highest BCUT2D eigenvalue weighted by atomic mass is 32.2. The van der Waals surface area contributed by atoms with Crippen molar-refractivity contribution in [3.05, 3.63) is 41.2 Å². The van der Waals surface area contributed by atoms with E-state index in [1.165, 1.54) is 0 Å². The number of rotatable bonds is 3. The lowest BCUT2D eigenvalue weighted by Crippen LogP contribution is -2.48. The third kappa shape index (κ3) is 3.39. The molecular formula is C19H25N5O2S. The van der Waals surface area contributed by atoms with Crippen LogP contribution in [0.5, 0.6) is 0 Å². The molecule has 1 aromatic rings. The van der Waals surface area contributed by atoms with E-state index in [0.29, 0.717) is 31.1 Å². The Morgan fingerprint density at radius 3 is 2.52 bits per heavy atom. The number of sulfonamides is 1. The molecule has 3 aliphatic heterocycles. The smallest absolute Gasteiger partial charge is 0.243 e. The molecule has 0 amide bonds. The van der Waals surface area contributed by atoms with Crippen molar-refractivity contribution in [2.45, 2.75) is 31.7 Å². The normalized spacial score (nSPS) is 23.3. The first-order valence-corrected chi connectivity index (χ1v) is 10.7. The number of aryl methyl sites for hydroxylation is 2. The van der Waals surface area contributed by atoms with Crippen molar-refractivity contribution in [1.29, 1.82) is 0 Å². The van der Waals surface area contributed by atoms with E-state index in [2.05, 4.69) is 26.7 Å². The van der Waals surface area contributed by atoms with Crippen LogP contribution in [0.25, 0.3) is 0 Å². The summed E-state index contributed by atoms with van der Waals surface area (Å²) in [6.45, 7) is 9.03. The minimum Gasteiger partial charge on any atom is -0.354 e. The summed E-state index contributed by atoms with van der Waals surface area (Å²) in [6, 6.07) is 5.61. The number of piperazine rings is 1. The van der Waals surface area contributed by atoms with Crippen LogP contribution in [0.4, 0.5) is 0 Å². The summed E-state index contributed by atoms with van der Waals surface area (Å²) < 4.78 is 27.5. The highest BCUT2D eigenvalue weighted by molar-refractivity contribution is 7.89. The van der Waals surface area contributed by atoms with Gasteiger partial charge in [-0.3, -0.25) is 4.99 Å². The van der Waals surface area contributed by atoms with Gasteiger partial charge in [0.2, 0.25) is 10.0 Å². The quantitative estimate of drug-likeness (QED) is 0.790. The van der Waals surface area contributed by atoms with E-state index in [4.69, 9.17) is 0 Å². The van der Waals surface area contributed by atoms with Crippen LogP contribution in [0.2, 0.25) is 0 Å². The van der Waals surface area contributed by atoms with Crippen LogP contribution in [0.1, 0.15) is 18.1 Å². The molecule has 8 heteroatoms. The average molecular weight is 388 g/mol. The first-order valence-electron chi connectivity index (χ1n) is 9.27. The van der Waals surface area contributed by atoms with Crippen molar-refractivity contribution in [1.82, 2.24) is 14.1 Å². The van der Waals surface area contributed by atoms with Crippen LogP contribution in [-0.4, -0.2) is 73.5 Å². The number of nitrogens with zero attached hydrogens (tertiary/aromatic N) is 5. The number of aliphatic imine (C=N–C) groups is 2. The molecule has 0 aliphatic carbocycles. The first-order chi connectivity index (χ1) is 12.8. The van der Waals surface area contributed by atoms with Crippen LogP contribution in [0, 0.1) is 13.8 Å². The maximum atomic E-state index is 13.0. The van der Waals surface area contributed by atoms with Gasteiger partial charge < -0.3 is 9.80 Å². The second-order valence-corrected chi connectivity index (χ2v) is 9.31. The van der Waals surface area contributed by atoms with Gasteiger partial charge in [-0.15, -0.1) is 0 Å². The Hall–Kier alpha value is -2.19. The van der Waals surface area contributed by atoms with Gasteiger partial charge in [0.05, 0.1) is 17.3 Å². The highest BCUT2D eigenvalue weighted by Crippen LogP contribution is 2.23. The summed E-state index contributed by atoms with van der Waals surface area (Å²) >= 11 is 0. The highest BCUT2D eigenvalue weighted by Gasteiger charge is 2.31. The second-order valence-electron chi connectivity index (χ2n) is 7.37. The zero-order valence-corrected chi connectivity index (χ0v) is 16.8. The molecule has 0 unspecified atom stereocenters. The predicted molar refractivity (Wildman–Crippen MR) is 106 cm³/mol. The number of benzene rings is 1. The van der Waals surface area contributed by atoms with E-state index < -0.39 is 10.0 Å². The molecule has 0 N–H and O–H groups in total. The molecule has 1 fully saturated rings. The Kier molecular flexibility index (Phi) is 4.55. The summed E-state index contributed by atoms with van der Waals surface area (Å²) in [5.74, 6) is 1.81. The number of hydrogen-bond acceptors (Lipinski definition) is 6. The van der Waals surface area contributed by atoms with E-state index in [1.807, 2.05) is 32.3 Å². The lowest BCUT2D eigenvalue weighted by molar-refractivity contribution is 0.227. The van der Waals surface area contributed by atoms with E-state index in [9.17, 15) is 8.42 Å². The molecule has 0 radical (unpaired) electrons. The largest absolute Gasteiger partial charge is 0.354 e. The van der Waals surface area contributed by atoms with E-state index >= 15 is 0 Å². The van der Waals surface area contributed by atoms with Crippen molar-refractivity contribution in [2.75, 3.05) is 32.7 Å². The van der Waals surface area contributed by atoms with Crippen LogP contribution < -0.4 is 0 Å². The lowest BCUT2D eigenvalue weighted by Gasteiger charge is -2.36. The molecule has 144 valence electrons. The minimum atomic E-state index is -3.46. The van der Waals surface area contributed by atoms with Gasteiger partial charge in [-0.05, 0) is 44.0 Å². The molecule has 4 rings (SSSR count). The maximum Gasteiger partial charge on any atom is 0.243 e. The molecule has 3 aliphatic rings. The molecule has 0 spiro atoms. The van der Waals surface area contributed by atoms with E-state index in [-0.39, 0.29) is 6.04 Å². The van der Waals surface area contributed by atoms with Crippen molar-refractivity contribution < 1.29 is 8.42 Å². The Labute approximate surface area is 160 Å². The molecular weight excluding hydrogens is 362 g/mol. The Morgan fingerprint density at radius 2 is 1.81 bits per heavy atom. The Balaban J connectivity index is 1.46. The van der Waals surface area contributed by atoms with E-state index in [1.54, 1.807) is 16.4 Å². The molecule has 1 atom stereocenters. The molecule has 0 bridgehead atoms. The van der Waals surface area contributed by atoms with Gasteiger partial charge in [-0.1, -0.05) is 6.07 Å². The van der Waals surface area contributed by atoms with Crippen molar-refractivity contribution in [3.63, 3.8) is 0 Å². The first kappa shape index (κ1) is 18.2. The van der Waals surface area contributed by atoms with Gasteiger partial charge >= 0.3 is 0 Å². The summed E-state index contributed by atoms with van der Waals surface area (Å²) in [5.41, 5.74) is 2.09. The van der Waals surface area contributed by atoms with E-state index in [0.717, 1.165) is 29.3 Å². The van der Waals surface area contributed by atoms with Crippen molar-refractivity contribution in [2.24, 2.45) is 9.98 Å². The van der Waals surface area contributed by atoms with Crippen LogP contribution in [0.15, 0.2) is 45.0 Å². The fourth-order valence-corrected chi connectivity index (χ4v) is 5.09. The topological polar surface area (TPSA) is 68.6 Å². The van der Waals surface area contributed by atoms with Crippen molar-refractivity contribution >= 4 is 22.2 Å². The maximum absolute atomic E-state index is 13.0. The number of amidine groups is 1. The standard InChI is InChI=1S/C19H25N5O2S/c1-14-4-5-17(10-15(14)2)27(25,26)24-8-6-22(7-9-24)18-11-19-21-16(3)12-23(19)13-20-18/h4-5,10-11,13,16H,6-9,12H2,1-3H3/t16-/m1/s1. The van der Waals surface area contributed by atoms with Gasteiger partial charge in [0, 0.05) is 38.8 Å². The molecule has 1 saturated heterocycles. The molecule has 0 aromatic heterocycles.